The number of aromatic nitrogens is 4. The highest BCUT2D eigenvalue weighted by atomic mass is 32.1. The number of fused-ring (bicyclic) bond motifs is 2. The Labute approximate surface area is 155 Å². The van der Waals surface area contributed by atoms with Crippen LogP contribution < -0.4 is 5.32 Å². The Bertz CT molecular complexity index is 1210. The number of H-pyrrole nitrogens is 1. The van der Waals surface area contributed by atoms with E-state index >= 15 is 0 Å². The molecule has 0 atom stereocenters. The van der Waals surface area contributed by atoms with Crippen LogP contribution in [0.3, 0.4) is 0 Å². The van der Waals surface area contributed by atoms with Gasteiger partial charge in [-0.2, -0.15) is 5.10 Å². The number of carbonyl (C=O) groups is 1. The van der Waals surface area contributed by atoms with Crippen molar-refractivity contribution >= 4 is 54.7 Å². The van der Waals surface area contributed by atoms with Crippen molar-refractivity contribution < 1.29 is 4.79 Å². The average molecular weight is 377 g/mol. The highest BCUT2D eigenvalue weighted by Crippen LogP contribution is 2.37. The van der Waals surface area contributed by atoms with Gasteiger partial charge in [0, 0.05) is 26.1 Å². The van der Waals surface area contributed by atoms with Crippen molar-refractivity contribution in [1.82, 2.24) is 20.4 Å². The number of nitrogens with one attached hydrogen (secondary N) is 2. The van der Waals surface area contributed by atoms with E-state index < -0.39 is 0 Å². The number of hydrogen-bond acceptors (Lipinski definition) is 6. The summed E-state index contributed by atoms with van der Waals surface area (Å²) in [4.78, 5) is 13.7. The molecule has 0 aliphatic rings. The van der Waals surface area contributed by atoms with Crippen LogP contribution in [0.5, 0.6) is 0 Å². The van der Waals surface area contributed by atoms with E-state index in [9.17, 15) is 4.79 Å². The number of aromatic amines is 1. The monoisotopic (exact) mass is 377 g/mol. The van der Waals surface area contributed by atoms with Gasteiger partial charge in [0.15, 0.2) is 0 Å². The Morgan fingerprint density at radius 2 is 2.04 bits per heavy atom. The predicted molar refractivity (Wildman–Crippen MR) is 105 cm³/mol. The van der Waals surface area contributed by atoms with Crippen LogP contribution >= 0.6 is 22.7 Å². The number of benzene rings is 2. The average Bonchev–Trinajstić information content (AvgIpc) is 3.40. The minimum absolute atomic E-state index is 0.216. The Hall–Kier alpha value is -3.10. The van der Waals surface area contributed by atoms with E-state index in [1.165, 1.54) is 21.4 Å². The fourth-order valence-corrected chi connectivity index (χ4v) is 4.42. The van der Waals surface area contributed by atoms with Gasteiger partial charge in [-0.1, -0.05) is 29.5 Å². The predicted octanol–water partition coefficient (Wildman–Crippen LogP) is 4.55. The van der Waals surface area contributed by atoms with E-state index in [1.807, 2.05) is 24.3 Å². The molecule has 0 radical (unpaired) electrons. The number of thiophene rings is 1. The van der Waals surface area contributed by atoms with Crippen LogP contribution in [0.25, 0.3) is 31.4 Å². The second-order valence-electron chi connectivity index (χ2n) is 5.70. The molecule has 0 saturated carbocycles. The normalized spacial score (nSPS) is 11.2. The summed E-state index contributed by atoms with van der Waals surface area (Å²) in [5, 5.41) is 20.1. The number of hydrogen-bond donors (Lipinski definition) is 2. The molecule has 8 heteroatoms. The summed E-state index contributed by atoms with van der Waals surface area (Å²) in [7, 11) is 0. The maximum atomic E-state index is 12.6. The number of amides is 1. The Balaban J connectivity index is 1.64. The summed E-state index contributed by atoms with van der Waals surface area (Å²) >= 11 is 2.98. The molecule has 0 saturated heterocycles. The molecule has 3 aromatic heterocycles. The van der Waals surface area contributed by atoms with E-state index in [2.05, 4.69) is 43.9 Å². The van der Waals surface area contributed by atoms with E-state index in [0.29, 0.717) is 10.7 Å². The standard InChI is InChI=1S/C18H11N5OS2/c24-17(21-18-23-20-9-25-18)11-5-12-8-19-22-16(12)13(6-11)15-7-10-3-1-2-4-14(10)26-15/h1-9H,(H,19,22)(H,21,23,24). The highest BCUT2D eigenvalue weighted by Gasteiger charge is 2.15. The second-order valence-corrected chi connectivity index (χ2v) is 7.62. The lowest BCUT2D eigenvalue weighted by Crippen LogP contribution is -2.11. The van der Waals surface area contributed by atoms with E-state index in [0.717, 1.165) is 21.3 Å². The fraction of sp³-hybridized carbons (Fsp3) is 0. The van der Waals surface area contributed by atoms with Crippen LogP contribution in [-0.4, -0.2) is 26.3 Å². The summed E-state index contributed by atoms with van der Waals surface area (Å²) in [6, 6.07) is 14.1. The minimum Gasteiger partial charge on any atom is -0.296 e. The zero-order chi connectivity index (χ0) is 17.5. The van der Waals surface area contributed by atoms with Crippen molar-refractivity contribution in [2.75, 3.05) is 5.32 Å². The Kier molecular flexibility index (Phi) is 3.51. The molecule has 0 bridgehead atoms. The van der Waals surface area contributed by atoms with Crippen molar-refractivity contribution in [1.29, 1.82) is 0 Å². The van der Waals surface area contributed by atoms with Gasteiger partial charge >= 0.3 is 0 Å². The molecule has 0 fully saturated rings. The SMILES string of the molecule is O=C(Nc1nncs1)c1cc(-c2cc3ccccc3s2)c2[nH]ncc2c1. The third-order valence-corrected chi connectivity index (χ3v) is 5.84. The second kappa shape index (κ2) is 6.01. The summed E-state index contributed by atoms with van der Waals surface area (Å²) in [5.74, 6) is -0.216. The zero-order valence-electron chi connectivity index (χ0n) is 13.3. The van der Waals surface area contributed by atoms with Crippen LogP contribution in [0.4, 0.5) is 5.13 Å². The van der Waals surface area contributed by atoms with Gasteiger partial charge in [-0.25, -0.2) is 0 Å². The van der Waals surface area contributed by atoms with Crippen LogP contribution in [0, 0.1) is 0 Å². The van der Waals surface area contributed by atoms with Gasteiger partial charge in [-0.3, -0.25) is 15.2 Å². The van der Waals surface area contributed by atoms with Gasteiger partial charge in [-0.05, 0) is 29.7 Å². The summed E-state index contributed by atoms with van der Waals surface area (Å²) in [6.45, 7) is 0. The molecule has 0 aliphatic heterocycles. The van der Waals surface area contributed by atoms with E-state index in [-0.39, 0.29) is 5.91 Å². The molecule has 6 nitrogen and oxygen atoms in total. The molecule has 2 N–H and O–H groups in total. The quantitative estimate of drug-likeness (QED) is 0.483. The van der Waals surface area contributed by atoms with Gasteiger partial charge in [-0.15, -0.1) is 21.5 Å². The lowest BCUT2D eigenvalue weighted by molar-refractivity contribution is 0.102. The third kappa shape index (κ3) is 2.56. The molecule has 0 aliphatic carbocycles. The fourth-order valence-electron chi connectivity index (χ4n) is 2.89. The van der Waals surface area contributed by atoms with Crippen LogP contribution in [0.1, 0.15) is 10.4 Å². The Morgan fingerprint density at radius 3 is 2.88 bits per heavy atom. The summed E-state index contributed by atoms with van der Waals surface area (Å²) in [6.07, 6.45) is 1.73. The molecule has 1 amide bonds. The first-order chi connectivity index (χ1) is 12.8. The van der Waals surface area contributed by atoms with Crippen LogP contribution in [0.15, 0.2) is 54.2 Å². The first kappa shape index (κ1) is 15.2. The van der Waals surface area contributed by atoms with Crippen LogP contribution in [-0.2, 0) is 0 Å². The third-order valence-electron chi connectivity index (χ3n) is 4.08. The van der Waals surface area contributed by atoms with Gasteiger partial charge in [0.25, 0.3) is 5.91 Å². The number of carbonyl (C=O) groups excluding carboxylic acids is 1. The minimum atomic E-state index is -0.216. The largest absolute Gasteiger partial charge is 0.296 e. The van der Waals surface area contributed by atoms with Gasteiger partial charge in [0.2, 0.25) is 5.13 Å². The molecule has 3 heterocycles. The molecule has 5 rings (SSSR count). The maximum absolute atomic E-state index is 12.6. The van der Waals surface area contributed by atoms with Crippen LogP contribution in [0.2, 0.25) is 0 Å². The molecular weight excluding hydrogens is 366 g/mol. The molecule has 26 heavy (non-hydrogen) atoms. The van der Waals surface area contributed by atoms with E-state index in [1.54, 1.807) is 23.0 Å². The lowest BCUT2D eigenvalue weighted by Gasteiger charge is -2.06. The molecule has 2 aromatic carbocycles. The Morgan fingerprint density at radius 1 is 1.12 bits per heavy atom. The van der Waals surface area contributed by atoms with Crippen molar-refractivity contribution in [2.45, 2.75) is 0 Å². The highest BCUT2D eigenvalue weighted by molar-refractivity contribution is 7.22. The smallest absolute Gasteiger partial charge is 0.257 e. The van der Waals surface area contributed by atoms with Crippen molar-refractivity contribution in [3.05, 3.63) is 59.7 Å². The first-order valence-corrected chi connectivity index (χ1v) is 9.51. The molecule has 0 spiro atoms. The molecule has 0 unspecified atom stereocenters. The number of rotatable bonds is 3. The summed E-state index contributed by atoms with van der Waals surface area (Å²) in [5.41, 5.74) is 4.02. The number of anilines is 1. The molecular formula is C18H11N5OS2. The maximum Gasteiger partial charge on any atom is 0.257 e. The lowest BCUT2D eigenvalue weighted by atomic mass is 10.0. The van der Waals surface area contributed by atoms with Crippen molar-refractivity contribution in [3.63, 3.8) is 0 Å². The van der Waals surface area contributed by atoms with Gasteiger partial charge in [0.05, 0.1) is 11.7 Å². The zero-order valence-corrected chi connectivity index (χ0v) is 14.9. The molecule has 5 aromatic rings. The van der Waals surface area contributed by atoms with Crippen molar-refractivity contribution in [2.24, 2.45) is 0 Å². The van der Waals surface area contributed by atoms with Gasteiger partial charge < -0.3 is 0 Å². The van der Waals surface area contributed by atoms with Gasteiger partial charge in [0.1, 0.15) is 5.51 Å². The molecule has 126 valence electrons. The summed E-state index contributed by atoms with van der Waals surface area (Å²) < 4.78 is 1.21. The van der Waals surface area contributed by atoms with E-state index in [4.69, 9.17) is 0 Å². The topological polar surface area (TPSA) is 83.6 Å². The number of nitrogens with zero attached hydrogens (tertiary/aromatic N) is 3. The first-order valence-electron chi connectivity index (χ1n) is 7.81. The van der Waals surface area contributed by atoms with Crippen molar-refractivity contribution in [3.8, 4) is 10.4 Å².